The molecule has 5 nitrogen and oxygen atoms in total. The van der Waals surface area contributed by atoms with Gasteiger partial charge in [0.1, 0.15) is 5.78 Å². The zero-order chi connectivity index (χ0) is 11.7. The Labute approximate surface area is 94.2 Å². The standard InChI is InChI=1S/C11H16N2O3/c1-2-7-11(16)12-10(15)6-13(7)8-4-3-5-9(8)14/h7-8H,2-6H2,1H3,(H,12,15,16). The molecule has 2 atom stereocenters. The van der Waals surface area contributed by atoms with Gasteiger partial charge >= 0.3 is 0 Å². The van der Waals surface area contributed by atoms with Crippen molar-refractivity contribution in [1.82, 2.24) is 10.2 Å². The van der Waals surface area contributed by atoms with Crippen molar-refractivity contribution < 1.29 is 14.4 Å². The predicted molar refractivity (Wildman–Crippen MR) is 56.6 cm³/mol. The molecule has 0 aromatic heterocycles. The van der Waals surface area contributed by atoms with Crippen molar-refractivity contribution in [2.75, 3.05) is 6.54 Å². The highest BCUT2D eigenvalue weighted by atomic mass is 16.2. The number of hydrogen-bond acceptors (Lipinski definition) is 4. The van der Waals surface area contributed by atoms with Gasteiger partial charge in [-0.3, -0.25) is 24.6 Å². The van der Waals surface area contributed by atoms with Crippen LogP contribution in [-0.4, -0.2) is 41.1 Å². The maximum Gasteiger partial charge on any atom is 0.243 e. The molecule has 2 rings (SSSR count). The lowest BCUT2D eigenvalue weighted by Crippen LogP contribution is -2.61. The lowest BCUT2D eigenvalue weighted by molar-refractivity contribution is -0.143. The number of imide groups is 1. The maximum atomic E-state index is 11.7. The van der Waals surface area contributed by atoms with Crippen LogP contribution in [0.25, 0.3) is 0 Å². The summed E-state index contributed by atoms with van der Waals surface area (Å²) < 4.78 is 0. The number of piperazine rings is 1. The summed E-state index contributed by atoms with van der Waals surface area (Å²) in [5, 5.41) is 2.32. The third kappa shape index (κ3) is 1.87. The Morgan fingerprint density at radius 1 is 1.38 bits per heavy atom. The van der Waals surface area contributed by atoms with Crippen molar-refractivity contribution in [3.8, 4) is 0 Å². The van der Waals surface area contributed by atoms with E-state index >= 15 is 0 Å². The minimum atomic E-state index is -0.329. The Bertz CT molecular complexity index is 338. The quantitative estimate of drug-likeness (QED) is 0.662. The van der Waals surface area contributed by atoms with Gasteiger partial charge in [-0.1, -0.05) is 6.92 Å². The van der Waals surface area contributed by atoms with E-state index in [9.17, 15) is 14.4 Å². The summed E-state index contributed by atoms with van der Waals surface area (Å²) in [7, 11) is 0. The van der Waals surface area contributed by atoms with Crippen LogP contribution in [0.15, 0.2) is 0 Å². The maximum absolute atomic E-state index is 11.7. The summed E-state index contributed by atoms with van der Waals surface area (Å²) in [4.78, 5) is 36.4. The number of rotatable bonds is 2. The molecule has 2 amide bonds. The molecule has 5 heteroatoms. The van der Waals surface area contributed by atoms with Crippen LogP contribution in [0.2, 0.25) is 0 Å². The molecule has 1 saturated heterocycles. The van der Waals surface area contributed by atoms with E-state index < -0.39 is 0 Å². The second-order valence-electron chi connectivity index (χ2n) is 4.38. The molecular formula is C11H16N2O3. The summed E-state index contributed by atoms with van der Waals surface area (Å²) >= 11 is 0. The molecule has 2 aliphatic rings. The van der Waals surface area contributed by atoms with Gasteiger partial charge in [0, 0.05) is 6.42 Å². The van der Waals surface area contributed by atoms with E-state index in [-0.39, 0.29) is 36.2 Å². The van der Waals surface area contributed by atoms with E-state index in [1.165, 1.54) is 0 Å². The molecule has 0 spiro atoms. The minimum Gasteiger partial charge on any atom is -0.298 e. The second-order valence-corrected chi connectivity index (χ2v) is 4.38. The first kappa shape index (κ1) is 11.3. The first-order valence-electron chi connectivity index (χ1n) is 5.75. The molecular weight excluding hydrogens is 208 g/mol. The van der Waals surface area contributed by atoms with E-state index in [0.29, 0.717) is 12.8 Å². The number of nitrogens with zero attached hydrogens (tertiary/aromatic N) is 1. The molecule has 0 aromatic carbocycles. The highest BCUT2D eigenvalue weighted by Gasteiger charge is 2.40. The zero-order valence-corrected chi connectivity index (χ0v) is 9.36. The Kier molecular flexibility index (Phi) is 3.05. The molecule has 2 fully saturated rings. The number of Topliss-reactive ketones (excluding diaryl/α,β-unsaturated/α-hetero) is 1. The molecule has 0 radical (unpaired) electrons. The van der Waals surface area contributed by atoms with Crippen LogP contribution in [0.3, 0.4) is 0 Å². The lowest BCUT2D eigenvalue weighted by Gasteiger charge is -2.36. The topological polar surface area (TPSA) is 66.5 Å². The predicted octanol–water partition coefficient (Wildman–Crippen LogP) is -0.155. The minimum absolute atomic E-state index is 0.167. The van der Waals surface area contributed by atoms with Gasteiger partial charge in [-0.15, -0.1) is 0 Å². The Morgan fingerprint density at radius 3 is 2.69 bits per heavy atom. The molecule has 1 aliphatic carbocycles. The summed E-state index contributed by atoms with van der Waals surface area (Å²) in [6.45, 7) is 2.06. The molecule has 1 saturated carbocycles. The van der Waals surface area contributed by atoms with Crippen molar-refractivity contribution in [2.45, 2.75) is 44.7 Å². The van der Waals surface area contributed by atoms with Gasteiger partial charge in [0.2, 0.25) is 11.8 Å². The first-order chi connectivity index (χ1) is 7.63. The summed E-state index contributed by atoms with van der Waals surface area (Å²) in [6, 6.07) is -0.551. The molecule has 1 N–H and O–H groups in total. The number of hydrogen-bond donors (Lipinski definition) is 1. The van der Waals surface area contributed by atoms with Crippen molar-refractivity contribution in [3.05, 3.63) is 0 Å². The van der Waals surface area contributed by atoms with Gasteiger partial charge in [0.15, 0.2) is 0 Å². The van der Waals surface area contributed by atoms with Crippen LogP contribution in [0.1, 0.15) is 32.6 Å². The van der Waals surface area contributed by atoms with E-state index in [1.54, 1.807) is 4.90 Å². The molecule has 16 heavy (non-hydrogen) atoms. The van der Waals surface area contributed by atoms with Crippen LogP contribution in [-0.2, 0) is 14.4 Å². The van der Waals surface area contributed by atoms with Crippen LogP contribution in [0.5, 0.6) is 0 Å². The number of amides is 2. The van der Waals surface area contributed by atoms with E-state index in [4.69, 9.17) is 0 Å². The smallest absolute Gasteiger partial charge is 0.243 e. The Morgan fingerprint density at radius 2 is 2.12 bits per heavy atom. The Balaban J connectivity index is 2.18. The number of nitrogens with one attached hydrogen (secondary N) is 1. The van der Waals surface area contributed by atoms with Gasteiger partial charge in [-0.25, -0.2) is 0 Å². The Hall–Kier alpha value is -1.23. The number of carbonyl (C=O) groups excluding carboxylic acids is 3. The van der Waals surface area contributed by atoms with Crippen molar-refractivity contribution in [1.29, 1.82) is 0 Å². The highest BCUT2D eigenvalue weighted by molar-refractivity contribution is 6.02. The molecule has 2 unspecified atom stereocenters. The monoisotopic (exact) mass is 224 g/mol. The molecule has 0 bridgehead atoms. The van der Waals surface area contributed by atoms with Crippen molar-refractivity contribution >= 4 is 17.6 Å². The summed E-state index contributed by atoms with van der Waals surface area (Å²) in [6.07, 6.45) is 2.85. The van der Waals surface area contributed by atoms with Crippen LogP contribution in [0, 0.1) is 0 Å². The van der Waals surface area contributed by atoms with E-state index in [0.717, 1.165) is 12.8 Å². The fourth-order valence-electron chi connectivity index (χ4n) is 2.58. The second kappa shape index (κ2) is 4.33. The molecule has 1 heterocycles. The average molecular weight is 224 g/mol. The van der Waals surface area contributed by atoms with Gasteiger partial charge in [-0.05, 0) is 19.3 Å². The van der Waals surface area contributed by atoms with Gasteiger partial charge in [-0.2, -0.15) is 0 Å². The zero-order valence-electron chi connectivity index (χ0n) is 9.36. The third-order valence-electron chi connectivity index (χ3n) is 3.35. The molecule has 88 valence electrons. The number of ketones is 1. The normalized spacial score (nSPS) is 31.9. The third-order valence-corrected chi connectivity index (χ3v) is 3.35. The van der Waals surface area contributed by atoms with Gasteiger partial charge in [0.05, 0.1) is 18.6 Å². The van der Waals surface area contributed by atoms with Gasteiger partial charge in [0.25, 0.3) is 0 Å². The molecule has 0 aromatic rings. The van der Waals surface area contributed by atoms with E-state index in [2.05, 4.69) is 5.32 Å². The summed E-state index contributed by atoms with van der Waals surface area (Å²) in [5.41, 5.74) is 0. The fraction of sp³-hybridized carbons (Fsp3) is 0.727. The van der Waals surface area contributed by atoms with Gasteiger partial charge < -0.3 is 0 Å². The van der Waals surface area contributed by atoms with Crippen LogP contribution >= 0.6 is 0 Å². The summed E-state index contributed by atoms with van der Waals surface area (Å²) in [5.74, 6) is -0.395. The van der Waals surface area contributed by atoms with Crippen molar-refractivity contribution in [2.24, 2.45) is 0 Å². The lowest BCUT2D eigenvalue weighted by atomic mass is 10.0. The van der Waals surface area contributed by atoms with Crippen LogP contribution < -0.4 is 5.32 Å². The molecule has 1 aliphatic heterocycles. The van der Waals surface area contributed by atoms with Crippen LogP contribution in [0.4, 0.5) is 0 Å². The van der Waals surface area contributed by atoms with Crippen molar-refractivity contribution in [3.63, 3.8) is 0 Å². The van der Waals surface area contributed by atoms with E-state index in [1.807, 2.05) is 6.92 Å². The largest absolute Gasteiger partial charge is 0.298 e. The number of carbonyl (C=O) groups is 3. The highest BCUT2D eigenvalue weighted by Crippen LogP contribution is 2.24. The fourth-order valence-corrected chi connectivity index (χ4v) is 2.58. The first-order valence-corrected chi connectivity index (χ1v) is 5.75. The average Bonchev–Trinajstić information content (AvgIpc) is 2.63. The SMILES string of the molecule is CCC1C(=O)NC(=O)CN1C1CCCC1=O.